The minimum Gasteiger partial charge on any atom is -0.466 e. The van der Waals surface area contributed by atoms with Crippen LogP contribution in [-0.2, 0) is 9.53 Å². The summed E-state index contributed by atoms with van der Waals surface area (Å²) in [5, 5.41) is 0. The predicted octanol–water partition coefficient (Wildman–Crippen LogP) is 3.74. The smallest absolute Gasteiger partial charge is 0.338 e. The molecule has 32 heavy (non-hydrogen) atoms. The molecule has 1 aliphatic heterocycles. The van der Waals surface area contributed by atoms with Crippen LogP contribution in [0.15, 0.2) is 93.9 Å². The van der Waals surface area contributed by atoms with E-state index in [0.29, 0.717) is 20.6 Å². The summed E-state index contributed by atoms with van der Waals surface area (Å²) in [6, 6.07) is 19.0. The Morgan fingerprint density at radius 3 is 2.28 bits per heavy atom. The van der Waals surface area contributed by atoms with Gasteiger partial charge in [-0.2, -0.15) is 0 Å². The molecule has 0 unspecified atom stereocenters. The number of aromatic nitrogens is 1. The van der Waals surface area contributed by atoms with E-state index in [1.807, 2.05) is 85.0 Å². The van der Waals surface area contributed by atoms with Gasteiger partial charge in [-0.1, -0.05) is 96.3 Å². The summed E-state index contributed by atoms with van der Waals surface area (Å²) in [6.07, 6.45) is 9.33. The number of esters is 1. The van der Waals surface area contributed by atoms with E-state index in [4.69, 9.17) is 4.74 Å². The lowest BCUT2D eigenvalue weighted by Gasteiger charge is -2.21. The highest BCUT2D eigenvalue weighted by molar-refractivity contribution is 7.07. The van der Waals surface area contributed by atoms with Crippen molar-refractivity contribution in [2.24, 2.45) is 4.99 Å². The average molecular weight is 443 g/mol. The third kappa shape index (κ3) is 4.45. The van der Waals surface area contributed by atoms with Crippen LogP contribution in [0.4, 0.5) is 0 Å². The minimum atomic E-state index is -0.598. The maximum atomic E-state index is 13.3. The Morgan fingerprint density at radius 2 is 1.66 bits per heavy atom. The molecule has 1 atom stereocenters. The number of allylic oxidation sites excluding steroid dienone is 3. The van der Waals surface area contributed by atoms with Gasteiger partial charge < -0.3 is 4.74 Å². The van der Waals surface area contributed by atoms with Gasteiger partial charge in [0.15, 0.2) is 4.80 Å². The molecule has 6 heteroatoms. The van der Waals surface area contributed by atoms with Gasteiger partial charge in [-0.3, -0.25) is 9.36 Å². The van der Waals surface area contributed by atoms with Crippen molar-refractivity contribution in [1.29, 1.82) is 0 Å². The Hall–Kier alpha value is -3.77. The zero-order chi connectivity index (χ0) is 22.5. The number of hydrogen-bond donors (Lipinski definition) is 0. The largest absolute Gasteiger partial charge is 0.466 e. The number of thiazole rings is 1. The SMILES string of the molecule is COC(=O)C1=C(C)N=c2sc(=C/C=C/c3ccccc3)c(=O)n2[C@@H]1/C=C\c1ccccc1. The van der Waals surface area contributed by atoms with Crippen molar-refractivity contribution in [3.63, 3.8) is 0 Å². The molecule has 0 aliphatic carbocycles. The highest BCUT2D eigenvalue weighted by Crippen LogP contribution is 2.26. The molecular formula is C26H22N2O3S. The van der Waals surface area contributed by atoms with E-state index in [2.05, 4.69) is 4.99 Å². The first-order valence-corrected chi connectivity index (χ1v) is 11.0. The predicted molar refractivity (Wildman–Crippen MR) is 129 cm³/mol. The lowest BCUT2D eigenvalue weighted by atomic mass is 10.0. The summed E-state index contributed by atoms with van der Waals surface area (Å²) >= 11 is 1.30. The van der Waals surface area contributed by atoms with Gasteiger partial charge in [-0.05, 0) is 24.1 Å². The van der Waals surface area contributed by atoms with Gasteiger partial charge >= 0.3 is 5.97 Å². The quantitative estimate of drug-likeness (QED) is 0.566. The third-order valence-corrected chi connectivity index (χ3v) is 6.08. The van der Waals surface area contributed by atoms with Crippen LogP contribution < -0.4 is 14.9 Å². The van der Waals surface area contributed by atoms with Crippen molar-refractivity contribution in [2.75, 3.05) is 7.11 Å². The monoisotopic (exact) mass is 442 g/mol. The number of rotatable bonds is 5. The molecule has 0 amide bonds. The van der Waals surface area contributed by atoms with Crippen LogP contribution in [0.5, 0.6) is 0 Å². The minimum absolute atomic E-state index is 0.192. The molecule has 0 spiro atoms. The Balaban J connectivity index is 1.80. The summed E-state index contributed by atoms with van der Waals surface area (Å²) in [5.41, 5.74) is 2.73. The molecule has 3 aromatic rings. The van der Waals surface area contributed by atoms with Crippen LogP contribution in [0.1, 0.15) is 24.1 Å². The number of hydrogen-bond acceptors (Lipinski definition) is 5. The lowest BCUT2D eigenvalue weighted by molar-refractivity contribution is -0.136. The number of carbonyl (C=O) groups excluding carboxylic acids is 1. The third-order valence-electron chi connectivity index (χ3n) is 5.08. The topological polar surface area (TPSA) is 60.7 Å². The Morgan fingerprint density at radius 1 is 1.03 bits per heavy atom. The molecule has 0 saturated carbocycles. The molecule has 0 fully saturated rings. The molecule has 1 aromatic heterocycles. The van der Waals surface area contributed by atoms with Gasteiger partial charge in [0.05, 0.1) is 29.0 Å². The highest BCUT2D eigenvalue weighted by Gasteiger charge is 2.29. The van der Waals surface area contributed by atoms with Crippen molar-refractivity contribution >= 4 is 35.5 Å². The number of benzene rings is 2. The van der Waals surface area contributed by atoms with E-state index in [9.17, 15) is 9.59 Å². The Kier molecular flexibility index (Phi) is 6.42. The van der Waals surface area contributed by atoms with E-state index < -0.39 is 12.0 Å². The molecule has 4 rings (SSSR count). The van der Waals surface area contributed by atoms with Gasteiger partial charge in [-0.15, -0.1) is 0 Å². The molecular weight excluding hydrogens is 420 g/mol. The highest BCUT2D eigenvalue weighted by atomic mass is 32.1. The van der Waals surface area contributed by atoms with Crippen LogP contribution in [0.2, 0.25) is 0 Å². The number of methoxy groups -OCH3 is 1. The van der Waals surface area contributed by atoms with Crippen LogP contribution >= 0.6 is 11.3 Å². The lowest BCUT2D eigenvalue weighted by Crippen LogP contribution is -2.38. The van der Waals surface area contributed by atoms with Gasteiger partial charge in [0, 0.05) is 0 Å². The maximum Gasteiger partial charge on any atom is 0.338 e. The van der Waals surface area contributed by atoms with Crippen molar-refractivity contribution in [1.82, 2.24) is 4.57 Å². The summed E-state index contributed by atoms with van der Waals surface area (Å²) in [7, 11) is 1.33. The van der Waals surface area contributed by atoms with Crippen molar-refractivity contribution in [3.05, 3.63) is 115 Å². The van der Waals surface area contributed by atoms with Crippen LogP contribution in [0.25, 0.3) is 18.2 Å². The first kappa shape index (κ1) is 21.5. The van der Waals surface area contributed by atoms with E-state index in [1.54, 1.807) is 17.6 Å². The fourth-order valence-electron chi connectivity index (χ4n) is 3.51. The van der Waals surface area contributed by atoms with Crippen molar-refractivity contribution < 1.29 is 9.53 Å². The van der Waals surface area contributed by atoms with Gasteiger partial charge in [0.1, 0.15) is 0 Å². The van der Waals surface area contributed by atoms with Gasteiger partial charge in [0.25, 0.3) is 5.56 Å². The summed E-state index contributed by atoms with van der Waals surface area (Å²) in [4.78, 5) is 30.9. The molecule has 2 heterocycles. The first-order chi connectivity index (χ1) is 15.6. The van der Waals surface area contributed by atoms with Crippen molar-refractivity contribution in [2.45, 2.75) is 13.0 Å². The molecule has 0 bridgehead atoms. The van der Waals surface area contributed by atoms with E-state index in [0.717, 1.165) is 11.1 Å². The second-order valence-corrected chi connectivity index (χ2v) is 8.19. The first-order valence-electron chi connectivity index (χ1n) is 10.1. The number of nitrogens with zero attached hydrogens (tertiary/aromatic N) is 2. The molecule has 160 valence electrons. The molecule has 2 aromatic carbocycles. The van der Waals surface area contributed by atoms with Gasteiger partial charge in [0.2, 0.25) is 0 Å². The zero-order valence-corrected chi connectivity index (χ0v) is 18.6. The molecule has 0 saturated heterocycles. The van der Waals surface area contributed by atoms with Crippen LogP contribution in [0, 0.1) is 0 Å². The Labute approximate surface area is 189 Å². The molecule has 0 radical (unpaired) electrons. The van der Waals surface area contributed by atoms with Crippen LogP contribution in [0.3, 0.4) is 0 Å². The number of fused-ring (bicyclic) bond motifs is 1. The zero-order valence-electron chi connectivity index (χ0n) is 17.8. The van der Waals surface area contributed by atoms with E-state index in [1.165, 1.54) is 18.4 Å². The number of ether oxygens (including phenoxy) is 1. The van der Waals surface area contributed by atoms with Crippen LogP contribution in [-0.4, -0.2) is 17.6 Å². The standard InChI is InChI=1S/C26H22N2O3S/c1-18-23(25(30)31-2)21(17-16-20-12-7-4-8-13-20)28-24(29)22(32-26(28)27-18)15-9-14-19-10-5-3-6-11-19/h3-17,21H,1-2H3/b14-9+,17-16-,22-15?/t21-/m1/s1. The average Bonchev–Trinajstić information content (AvgIpc) is 3.13. The Bertz CT molecular complexity index is 1390. The molecule has 5 nitrogen and oxygen atoms in total. The fourth-order valence-corrected chi connectivity index (χ4v) is 4.52. The summed E-state index contributed by atoms with van der Waals surface area (Å²) in [5.74, 6) is -0.493. The molecule has 0 N–H and O–H groups in total. The second-order valence-electron chi connectivity index (χ2n) is 7.18. The van der Waals surface area contributed by atoms with E-state index >= 15 is 0 Å². The maximum absolute atomic E-state index is 13.3. The summed E-state index contributed by atoms with van der Waals surface area (Å²) in [6.45, 7) is 1.77. The summed E-state index contributed by atoms with van der Waals surface area (Å²) < 4.78 is 7.11. The van der Waals surface area contributed by atoms with Gasteiger partial charge in [-0.25, -0.2) is 9.79 Å². The fraction of sp³-hybridized carbons (Fsp3) is 0.115. The second kappa shape index (κ2) is 9.58. The van der Waals surface area contributed by atoms with E-state index in [-0.39, 0.29) is 5.56 Å². The molecule has 1 aliphatic rings. The number of carbonyl (C=O) groups is 1. The normalized spacial score (nSPS) is 16.4. The van der Waals surface area contributed by atoms with Crippen molar-refractivity contribution in [3.8, 4) is 0 Å².